The number of amides is 2. The van der Waals surface area contributed by atoms with Gasteiger partial charge in [-0.2, -0.15) is 4.68 Å². The van der Waals surface area contributed by atoms with Gasteiger partial charge in [0.05, 0.1) is 23.3 Å². The minimum atomic E-state index is -0.666. The maximum absolute atomic E-state index is 12.9. The molecule has 1 aromatic heterocycles. The van der Waals surface area contributed by atoms with Gasteiger partial charge in [0.15, 0.2) is 0 Å². The van der Waals surface area contributed by atoms with Crippen molar-refractivity contribution in [3.05, 3.63) is 58.0 Å². The van der Waals surface area contributed by atoms with Crippen molar-refractivity contribution >= 4 is 17.6 Å². The number of carbonyl (C=O) groups is 2. The first-order valence-electron chi connectivity index (χ1n) is 7.33. The predicted octanol–water partition coefficient (Wildman–Crippen LogP) is 0.391. The highest BCUT2D eigenvalue weighted by atomic mass is 19.1. The summed E-state index contributed by atoms with van der Waals surface area (Å²) in [5, 5.41) is 16.7. The number of nitrogens with two attached hydrogens (primary N) is 1. The molecule has 0 radical (unpaired) electrons. The summed E-state index contributed by atoms with van der Waals surface area (Å²) in [6.45, 7) is -0.231. The molecule has 132 valence electrons. The number of hydrogen-bond donors (Lipinski definition) is 2. The Balaban J connectivity index is 1.89. The van der Waals surface area contributed by atoms with E-state index in [-0.39, 0.29) is 31.1 Å². The van der Waals surface area contributed by atoms with Crippen LogP contribution in [0.3, 0.4) is 0 Å². The molecule has 0 spiro atoms. The topological polar surface area (TPSA) is 133 Å². The number of nitro groups is 1. The standard InChI is InChI=1S/C15H16FN5O4/c16-12-3-1-10(2-4-12)7-11(15(17)23)8-18-14(22)9-20-6-5-13(19-20)21(24)25/h1-6,11H,7-9H2,(H2,17,23)(H,18,22). The zero-order valence-electron chi connectivity index (χ0n) is 13.1. The van der Waals surface area contributed by atoms with Crippen LogP contribution in [0.1, 0.15) is 5.56 Å². The van der Waals surface area contributed by atoms with E-state index in [9.17, 15) is 24.1 Å². The molecule has 0 fully saturated rings. The molecule has 2 aromatic rings. The molecule has 10 heteroatoms. The van der Waals surface area contributed by atoms with Crippen molar-refractivity contribution in [2.75, 3.05) is 6.54 Å². The Morgan fingerprint density at radius 2 is 2.00 bits per heavy atom. The first kappa shape index (κ1) is 18.0. The molecule has 0 saturated heterocycles. The summed E-state index contributed by atoms with van der Waals surface area (Å²) in [5.74, 6) is -2.48. The fourth-order valence-electron chi connectivity index (χ4n) is 2.15. The lowest BCUT2D eigenvalue weighted by Gasteiger charge is -2.14. The molecule has 1 unspecified atom stereocenters. The molecule has 2 rings (SSSR count). The molecule has 1 atom stereocenters. The van der Waals surface area contributed by atoms with Crippen LogP contribution in [0.15, 0.2) is 36.5 Å². The third-order valence-electron chi connectivity index (χ3n) is 3.46. The predicted molar refractivity (Wildman–Crippen MR) is 84.7 cm³/mol. The Labute approximate surface area is 141 Å². The molecule has 0 aliphatic rings. The van der Waals surface area contributed by atoms with Crippen molar-refractivity contribution in [3.8, 4) is 0 Å². The van der Waals surface area contributed by atoms with Crippen molar-refractivity contribution in [3.63, 3.8) is 0 Å². The number of primary amides is 1. The number of halogens is 1. The van der Waals surface area contributed by atoms with Crippen LogP contribution in [-0.2, 0) is 22.6 Å². The Morgan fingerprint density at radius 3 is 2.56 bits per heavy atom. The van der Waals surface area contributed by atoms with Crippen LogP contribution >= 0.6 is 0 Å². The van der Waals surface area contributed by atoms with E-state index >= 15 is 0 Å². The quantitative estimate of drug-likeness (QED) is 0.525. The second kappa shape index (κ2) is 7.99. The van der Waals surface area contributed by atoms with Crippen molar-refractivity contribution in [1.82, 2.24) is 15.1 Å². The van der Waals surface area contributed by atoms with Crippen LogP contribution in [-0.4, -0.2) is 33.1 Å². The summed E-state index contributed by atoms with van der Waals surface area (Å²) in [6, 6.07) is 6.80. The second-order valence-electron chi connectivity index (χ2n) is 5.36. The van der Waals surface area contributed by atoms with Gasteiger partial charge in [-0.3, -0.25) is 9.59 Å². The number of nitrogens with one attached hydrogen (secondary N) is 1. The zero-order chi connectivity index (χ0) is 18.4. The van der Waals surface area contributed by atoms with Crippen LogP contribution in [0.25, 0.3) is 0 Å². The lowest BCUT2D eigenvalue weighted by Crippen LogP contribution is -2.38. The van der Waals surface area contributed by atoms with Crippen LogP contribution in [0.4, 0.5) is 10.2 Å². The van der Waals surface area contributed by atoms with Crippen LogP contribution in [0, 0.1) is 21.8 Å². The Morgan fingerprint density at radius 1 is 1.32 bits per heavy atom. The molecule has 9 nitrogen and oxygen atoms in total. The Kier molecular flexibility index (Phi) is 5.77. The van der Waals surface area contributed by atoms with E-state index in [4.69, 9.17) is 5.73 Å². The van der Waals surface area contributed by atoms with Gasteiger partial charge in [-0.1, -0.05) is 12.1 Å². The molecular weight excluding hydrogens is 333 g/mol. The number of nitrogens with zero attached hydrogens (tertiary/aromatic N) is 3. The Hall–Kier alpha value is -3.30. The number of benzene rings is 1. The first-order chi connectivity index (χ1) is 11.8. The molecule has 0 saturated carbocycles. The van der Waals surface area contributed by atoms with E-state index in [2.05, 4.69) is 10.4 Å². The first-order valence-corrected chi connectivity index (χ1v) is 7.33. The van der Waals surface area contributed by atoms with Crippen molar-refractivity contribution in [2.24, 2.45) is 11.7 Å². The van der Waals surface area contributed by atoms with Gasteiger partial charge in [-0.25, -0.2) is 4.39 Å². The van der Waals surface area contributed by atoms with E-state index in [0.29, 0.717) is 5.56 Å². The maximum atomic E-state index is 12.9. The molecule has 0 aliphatic carbocycles. The monoisotopic (exact) mass is 349 g/mol. The second-order valence-corrected chi connectivity index (χ2v) is 5.36. The van der Waals surface area contributed by atoms with Crippen molar-refractivity contribution in [1.29, 1.82) is 0 Å². The smallest absolute Gasteiger partial charge is 0.369 e. The summed E-state index contributed by atoms with van der Waals surface area (Å²) in [6.07, 6.45) is 1.56. The summed E-state index contributed by atoms with van der Waals surface area (Å²) < 4.78 is 14.0. The third kappa shape index (κ3) is 5.37. The lowest BCUT2D eigenvalue weighted by atomic mass is 9.98. The molecule has 0 bridgehead atoms. The van der Waals surface area contributed by atoms with E-state index < -0.39 is 22.7 Å². The van der Waals surface area contributed by atoms with Crippen LogP contribution in [0.5, 0.6) is 0 Å². The number of hydrogen-bond acceptors (Lipinski definition) is 5. The molecule has 3 N–H and O–H groups in total. The van der Waals surface area contributed by atoms with E-state index in [1.54, 1.807) is 0 Å². The van der Waals surface area contributed by atoms with E-state index in [1.807, 2.05) is 0 Å². The summed E-state index contributed by atoms with van der Waals surface area (Å²) >= 11 is 0. The molecule has 1 aromatic carbocycles. The summed E-state index contributed by atoms with van der Waals surface area (Å²) in [7, 11) is 0. The SMILES string of the molecule is NC(=O)C(CNC(=O)Cn1ccc([N+](=O)[O-])n1)Cc1ccc(F)cc1. The van der Waals surface area contributed by atoms with Gasteiger partial charge in [0.2, 0.25) is 11.8 Å². The fraction of sp³-hybridized carbons (Fsp3) is 0.267. The normalized spacial score (nSPS) is 11.7. The molecular formula is C15H16FN5O4. The van der Waals surface area contributed by atoms with Crippen LogP contribution < -0.4 is 11.1 Å². The third-order valence-corrected chi connectivity index (χ3v) is 3.46. The molecule has 25 heavy (non-hydrogen) atoms. The van der Waals surface area contributed by atoms with E-state index in [1.165, 1.54) is 36.5 Å². The number of aromatic nitrogens is 2. The zero-order valence-corrected chi connectivity index (χ0v) is 13.1. The van der Waals surface area contributed by atoms with Gasteiger partial charge < -0.3 is 21.2 Å². The van der Waals surface area contributed by atoms with Gasteiger partial charge >= 0.3 is 5.82 Å². The minimum Gasteiger partial charge on any atom is -0.369 e. The number of rotatable bonds is 8. The highest BCUT2D eigenvalue weighted by Gasteiger charge is 2.18. The molecule has 1 heterocycles. The minimum absolute atomic E-state index is 0.00505. The van der Waals surface area contributed by atoms with E-state index in [0.717, 1.165) is 4.68 Å². The fourth-order valence-corrected chi connectivity index (χ4v) is 2.15. The lowest BCUT2D eigenvalue weighted by molar-refractivity contribution is -0.389. The number of carbonyl (C=O) groups excluding carboxylic acids is 2. The van der Waals surface area contributed by atoms with Crippen LogP contribution in [0.2, 0.25) is 0 Å². The average Bonchev–Trinajstić information content (AvgIpc) is 3.01. The van der Waals surface area contributed by atoms with Gasteiger partial charge in [0.1, 0.15) is 12.4 Å². The van der Waals surface area contributed by atoms with Crippen molar-refractivity contribution < 1.29 is 18.9 Å². The van der Waals surface area contributed by atoms with Gasteiger partial charge in [-0.15, -0.1) is 0 Å². The highest BCUT2D eigenvalue weighted by molar-refractivity contribution is 5.79. The average molecular weight is 349 g/mol. The highest BCUT2D eigenvalue weighted by Crippen LogP contribution is 2.10. The summed E-state index contributed by atoms with van der Waals surface area (Å²) in [5.41, 5.74) is 6.04. The van der Waals surface area contributed by atoms with Gasteiger partial charge in [0.25, 0.3) is 0 Å². The largest absolute Gasteiger partial charge is 0.389 e. The Bertz CT molecular complexity index is 774. The molecule has 2 amide bonds. The van der Waals surface area contributed by atoms with Gasteiger partial charge in [0, 0.05) is 6.54 Å². The molecule has 0 aliphatic heterocycles. The van der Waals surface area contributed by atoms with Crippen molar-refractivity contribution in [2.45, 2.75) is 13.0 Å². The summed E-state index contributed by atoms with van der Waals surface area (Å²) in [4.78, 5) is 33.3. The van der Waals surface area contributed by atoms with Gasteiger partial charge in [-0.05, 0) is 29.0 Å². The maximum Gasteiger partial charge on any atom is 0.389 e.